The van der Waals surface area contributed by atoms with Gasteiger partial charge in [0.2, 0.25) is 5.91 Å². The lowest BCUT2D eigenvalue weighted by Gasteiger charge is -2.30. The Kier molecular flexibility index (Phi) is 1.76. The molecule has 1 saturated heterocycles. The molecule has 3 rings (SSSR count). The topological polar surface area (TPSA) is 34.0 Å². The zero-order valence-electron chi connectivity index (χ0n) is 7.82. The first-order chi connectivity index (χ1) is 6.82. The second kappa shape index (κ2) is 2.87. The summed E-state index contributed by atoms with van der Waals surface area (Å²) in [6.45, 7) is 1.92. The van der Waals surface area contributed by atoms with Crippen LogP contribution in [0.1, 0.15) is 17.6 Å². The van der Waals surface area contributed by atoms with Crippen LogP contribution in [0.2, 0.25) is 0 Å². The number of carbonyl (C=O) groups is 1. The summed E-state index contributed by atoms with van der Waals surface area (Å²) in [7, 11) is 0. The molecule has 1 aromatic heterocycles. The van der Waals surface area contributed by atoms with Gasteiger partial charge < -0.3 is 5.32 Å². The second-order valence-corrected chi connectivity index (χ2v) is 5.27. The number of piperidine rings is 1. The summed E-state index contributed by atoms with van der Waals surface area (Å²) in [6, 6.07) is 3.97. The van der Waals surface area contributed by atoms with E-state index in [2.05, 4.69) is 5.32 Å². The molecule has 2 aliphatic heterocycles. The van der Waals surface area contributed by atoms with Crippen LogP contribution in [0.25, 0.3) is 0 Å². The Morgan fingerprint density at radius 1 is 1.43 bits per heavy atom. The summed E-state index contributed by atoms with van der Waals surface area (Å²) in [4.78, 5) is 12.1. The number of rotatable bonds is 0. The molecule has 0 aliphatic carbocycles. The highest BCUT2D eigenvalue weighted by Gasteiger charge is 2.46. The summed E-state index contributed by atoms with van der Waals surface area (Å²) in [5, 5.41) is 4.41. The lowest BCUT2D eigenvalue weighted by molar-refractivity contribution is 0.0843. The van der Waals surface area contributed by atoms with Crippen LogP contribution in [0.5, 0.6) is 0 Å². The van der Waals surface area contributed by atoms with Crippen LogP contribution in [0.4, 0.5) is 0 Å². The monoisotopic (exact) mass is 208 g/mol. The maximum Gasteiger partial charge on any atom is 0.248 e. The summed E-state index contributed by atoms with van der Waals surface area (Å²) >= 11 is 1.75. The van der Waals surface area contributed by atoms with Gasteiger partial charge in [-0.3, -0.25) is 9.36 Å². The van der Waals surface area contributed by atoms with Crippen molar-refractivity contribution in [2.24, 2.45) is 0 Å². The second-order valence-electron chi connectivity index (χ2n) is 3.87. The molecule has 1 fully saturated rings. The third-order valence-electron chi connectivity index (χ3n) is 3.03. The highest BCUT2D eigenvalue weighted by molar-refractivity contribution is 8.01. The summed E-state index contributed by atoms with van der Waals surface area (Å²) in [5.74, 6) is 0.281. The van der Waals surface area contributed by atoms with E-state index in [1.165, 1.54) is 0 Å². The van der Waals surface area contributed by atoms with Gasteiger partial charge in [-0.1, -0.05) is 11.8 Å². The Morgan fingerprint density at radius 3 is 2.93 bits per heavy atom. The van der Waals surface area contributed by atoms with Crippen LogP contribution in [0.15, 0.2) is 23.4 Å². The highest BCUT2D eigenvalue weighted by atomic mass is 32.2. The highest BCUT2D eigenvalue weighted by Crippen LogP contribution is 2.46. The van der Waals surface area contributed by atoms with E-state index < -0.39 is 0 Å². The van der Waals surface area contributed by atoms with Crippen molar-refractivity contribution < 1.29 is 4.79 Å². The van der Waals surface area contributed by atoms with Gasteiger partial charge >= 0.3 is 0 Å². The molecule has 74 valence electrons. The standard InChI is InChI=1S/C10H12N2OS/c13-9-10(3-5-11-6-4-10)14-8-2-1-7-12(8)9/h1-2,7,11H,3-6H2. The third-order valence-corrected chi connectivity index (χ3v) is 4.55. The van der Waals surface area contributed by atoms with Crippen molar-refractivity contribution in [1.82, 2.24) is 9.88 Å². The Balaban J connectivity index is 1.99. The minimum atomic E-state index is -0.151. The van der Waals surface area contributed by atoms with Crippen LogP contribution >= 0.6 is 11.8 Å². The molecule has 14 heavy (non-hydrogen) atoms. The van der Waals surface area contributed by atoms with Gasteiger partial charge in [0, 0.05) is 6.20 Å². The normalized spacial score (nSPS) is 24.1. The molecule has 4 heteroatoms. The molecule has 0 amide bonds. The molecule has 1 aromatic rings. The van der Waals surface area contributed by atoms with Gasteiger partial charge in [0.05, 0.1) is 5.03 Å². The van der Waals surface area contributed by atoms with Gasteiger partial charge in [0.1, 0.15) is 4.75 Å². The number of thioether (sulfide) groups is 1. The fourth-order valence-corrected chi connectivity index (χ4v) is 3.61. The van der Waals surface area contributed by atoms with Crippen LogP contribution in [0.3, 0.4) is 0 Å². The average Bonchev–Trinajstić information content (AvgIpc) is 2.73. The van der Waals surface area contributed by atoms with Gasteiger partial charge in [0.15, 0.2) is 0 Å². The number of fused-ring (bicyclic) bond motifs is 1. The van der Waals surface area contributed by atoms with Crippen LogP contribution < -0.4 is 5.32 Å². The largest absolute Gasteiger partial charge is 0.317 e. The molecule has 0 bridgehead atoms. The van der Waals surface area contributed by atoms with Crippen molar-refractivity contribution in [3.63, 3.8) is 0 Å². The summed E-state index contributed by atoms with van der Waals surface area (Å²) in [5.41, 5.74) is 0. The van der Waals surface area contributed by atoms with Gasteiger partial charge in [-0.15, -0.1) is 0 Å². The number of nitrogens with one attached hydrogen (secondary N) is 1. The van der Waals surface area contributed by atoms with Crippen LogP contribution in [-0.2, 0) is 0 Å². The number of aromatic nitrogens is 1. The quantitative estimate of drug-likeness (QED) is 0.699. The molecule has 0 atom stereocenters. The molecule has 2 aliphatic rings. The van der Waals surface area contributed by atoms with E-state index in [4.69, 9.17) is 0 Å². The van der Waals surface area contributed by atoms with Crippen molar-refractivity contribution >= 4 is 17.7 Å². The lowest BCUT2D eigenvalue weighted by atomic mass is 9.96. The van der Waals surface area contributed by atoms with E-state index in [1.807, 2.05) is 18.3 Å². The zero-order chi connectivity index (χ0) is 9.60. The van der Waals surface area contributed by atoms with Gasteiger partial charge in [-0.25, -0.2) is 0 Å². The first kappa shape index (κ1) is 8.56. The van der Waals surface area contributed by atoms with E-state index in [-0.39, 0.29) is 10.7 Å². The molecule has 0 aromatic carbocycles. The number of hydrogen-bond donors (Lipinski definition) is 1. The smallest absolute Gasteiger partial charge is 0.248 e. The number of nitrogens with zero attached hydrogens (tertiary/aromatic N) is 1. The van der Waals surface area contributed by atoms with Crippen LogP contribution in [0, 0.1) is 0 Å². The fraction of sp³-hybridized carbons (Fsp3) is 0.500. The molecular formula is C10H12N2OS. The fourth-order valence-electron chi connectivity index (χ4n) is 2.23. The Labute approximate surface area is 86.9 Å². The van der Waals surface area contributed by atoms with Crippen molar-refractivity contribution in [1.29, 1.82) is 0 Å². The van der Waals surface area contributed by atoms with Gasteiger partial charge in [-0.05, 0) is 38.1 Å². The molecule has 1 N–H and O–H groups in total. The van der Waals surface area contributed by atoms with Crippen molar-refractivity contribution in [3.05, 3.63) is 18.3 Å². The van der Waals surface area contributed by atoms with Crippen molar-refractivity contribution in [2.75, 3.05) is 13.1 Å². The summed E-state index contributed by atoms with van der Waals surface area (Å²) < 4.78 is 1.65. The predicted octanol–water partition coefficient (Wildman–Crippen LogP) is 1.36. The van der Waals surface area contributed by atoms with Gasteiger partial charge in [-0.2, -0.15) is 0 Å². The summed E-state index contributed by atoms with van der Waals surface area (Å²) in [6.07, 6.45) is 3.79. The van der Waals surface area contributed by atoms with Crippen molar-refractivity contribution in [2.45, 2.75) is 22.6 Å². The molecule has 3 heterocycles. The number of hydrogen-bond acceptors (Lipinski definition) is 3. The van der Waals surface area contributed by atoms with E-state index in [0.29, 0.717) is 0 Å². The first-order valence-corrected chi connectivity index (χ1v) is 5.75. The van der Waals surface area contributed by atoms with E-state index in [1.54, 1.807) is 16.3 Å². The minimum Gasteiger partial charge on any atom is -0.317 e. The average molecular weight is 208 g/mol. The van der Waals surface area contributed by atoms with Crippen LogP contribution in [-0.4, -0.2) is 28.3 Å². The Morgan fingerprint density at radius 2 is 2.21 bits per heavy atom. The third kappa shape index (κ3) is 1.01. The molecule has 0 saturated carbocycles. The Hall–Kier alpha value is -0.740. The zero-order valence-corrected chi connectivity index (χ0v) is 8.64. The maximum absolute atomic E-state index is 12.1. The van der Waals surface area contributed by atoms with E-state index in [0.717, 1.165) is 31.0 Å². The maximum atomic E-state index is 12.1. The lowest BCUT2D eigenvalue weighted by Crippen LogP contribution is -2.44. The molecule has 3 nitrogen and oxygen atoms in total. The predicted molar refractivity (Wildman–Crippen MR) is 55.8 cm³/mol. The first-order valence-electron chi connectivity index (χ1n) is 4.94. The minimum absolute atomic E-state index is 0.151. The van der Waals surface area contributed by atoms with E-state index in [9.17, 15) is 4.79 Å². The molecule has 0 unspecified atom stereocenters. The number of carbonyl (C=O) groups excluding carboxylic acids is 1. The van der Waals surface area contributed by atoms with Crippen molar-refractivity contribution in [3.8, 4) is 0 Å². The molecular weight excluding hydrogens is 196 g/mol. The Bertz CT molecular complexity index is 379. The molecule has 0 radical (unpaired) electrons. The van der Waals surface area contributed by atoms with Gasteiger partial charge in [0.25, 0.3) is 0 Å². The molecule has 1 spiro atoms. The SMILES string of the molecule is O=C1n2cccc2SC12CCNCC2. The van der Waals surface area contributed by atoms with E-state index >= 15 is 0 Å².